The second-order valence-electron chi connectivity index (χ2n) is 4.50. The maximum absolute atomic E-state index is 10.9. The van der Waals surface area contributed by atoms with Crippen molar-refractivity contribution in [1.29, 1.82) is 0 Å². The standard InChI is InChI=1S/C9H15NO5/c1-5(11)9(10-8(2,3)4)14-6(12)7(13)15-9/h5,10-11H,1-4H3. The summed E-state index contributed by atoms with van der Waals surface area (Å²) in [6.07, 6.45) is -1.16. The van der Waals surface area contributed by atoms with E-state index < -0.39 is 29.5 Å². The molecular formula is C9H15NO5. The molecule has 0 saturated carbocycles. The number of aliphatic hydroxyl groups is 1. The maximum atomic E-state index is 10.9. The Morgan fingerprint density at radius 3 is 1.93 bits per heavy atom. The first-order valence-corrected chi connectivity index (χ1v) is 4.60. The van der Waals surface area contributed by atoms with E-state index in [0.717, 1.165) is 0 Å². The summed E-state index contributed by atoms with van der Waals surface area (Å²) in [5.74, 6) is -3.98. The SMILES string of the molecule is CC(O)C1(NC(C)(C)C)OC(=O)C(=O)O1. The van der Waals surface area contributed by atoms with Crippen LogP contribution in [0.1, 0.15) is 27.7 Å². The molecule has 1 aliphatic heterocycles. The summed E-state index contributed by atoms with van der Waals surface area (Å²) in [6.45, 7) is 6.73. The van der Waals surface area contributed by atoms with Gasteiger partial charge in [0.2, 0.25) is 0 Å². The van der Waals surface area contributed by atoms with Gasteiger partial charge in [0.15, 0.2) is 0 Å². The minimum absolute atomic E-state index is 0.484. The lowest BCUT2D eigenvalue weighted by Crippen LogP contribution is -2.61. The van der Waals surface area contributed by atoms with E-state index in [4.69, 9.17) is 9.47 Å². The van der Waals surface area contributed by atoms with Gasteiger partial charge in [-0.25, -0.2) is 14.9 Å². The second-order valence-corrected chi connectivity index (χ2v) is 4.50. The van der Waals surface area contributed by atoms with E-state index in [1.54, 1.807) is 20.8 Å². The third-order valence-electron chi connectivity index (χ3n) is 1.75. The van der Waals surface area contributed by atoms with Crippen LogP contribution >= 0.6 is 0 Å². The Balaban J connectivity index is 2.92. The van der Waals surface area contributed by atoms with Crippen LogP contribution in [0, 0.1) is 0 Å². The van der Waals surface area contributed by atoms with Gasteiger partial charge in [0.05, 0.1) is 0 Å². The average Bonchev–Trinajstić information content (AvgIpc) is 2.24. The first-order chi connectivity index (χ1) is 6.66. The van der Waals surface area contributed by atoms with Gasteiger partial charge in [-0.3, -0.25) is 0 Å². The van der Waals surface area contributed by atoms with Crippen LogP contribution in [-0.2, 0) is 19.1 Å². The van der Waals surface area contributed by atoms with E-state index in [-0.39, 0.29) is 0 Å². The molecule has 0 aromatic heterocycles. The maximum Gasteiger partial charge on any atom is 0.421 e. The molecule has 1 aliphatic rings. The zero-order valence-electron chi connectivity index (χ0n) is 9.16. The molecule has 0 bridgehead atoms. The molecule has 1 rings (SSSR count). The van der Waals surface area contributed by atoms with E-state index >= 15 is 0 Å². The van der Waals surface area contributed by atoms with Gasteiger partial charge in [0.25, 0.3) is 0 Å². The number of nitrogens with one attached hydrogen (secondary N) is 1. The number of ether oxygens (including phenoxy) is 2. The Labute approximate surface area is 87.5 Å². The normalized spacial score (nSPS) is 22.2. The van der Waals surface area contributed by atoms with E-state index in [9.17, 15) is 14.7 Å². The topological polar surface area (TPSA) is 84.9 Å². The fraction of sp³-hybridized carbons (Fsp3) is 0.778. The molecule has 0 aromatic carbocycles. The van der Waals surface area contributed by atoms with Gasteiger partial charge in [-0.15, -0.1) is 0 Å². The lowest BCUT2D eigenvalue weighted by atomic mass is 10.1. The van der Waals surface area contributed by atoms with E-state index in [1.807, 2.05) is 0 Å². The van der Waals surface area contributed by atoms with Gasteiger partial charge in [-0.1, -0.05) is 0 Å². The Kier molecular flexibility index (Phi) is 2.75. The monoisotopic (exact) mass is 217 g/mol. The molecule has 1 heterocycles. The smallest absolute Gasteiger partial charge is 0.397 e. The van der Waals surface area contributed by atoms with Crippen molar-refractivity contribution >= 4 is 11.9 Å². The average molecular weight is 217 g/mol. The van der Waals surface area contributed by atoms with E-state index in [0.29, 0.717) is 0 Å². The van der Waals surface area contributed by atoms with Crippen LogP contribution in [0.15, 0.2) is 0 Å². The van der Waals surface area contributed by atoms with Crippen LogP contribution in [-0.4, -0.2) is 34.6 Å². The Morgan fingerprint density at radius 2 is 1.67 bits per heavy atom. The number of hydrogen-bond donors (Lipinski definition) is 2. The summed E-state index contributed by atoms with van der Waals surface area (Å²) in [5, 5.41) is 12.2. The lowest BCUT2D eigenvalue weighted by molar-refractivity contribution is -0.239. The van der Waals surface area contributed by atoms with Crippen molar-refractivity contribution in [1.82, 2.24) is 5.32 Å². The van der Waals surface area contributed by atoms with E-state index in [1.165, 1.54) is 6.92 Å². The van der Waals surface area contributed by atoms with Gasteiger partial charge in [0.1, 0.15) is 6.10 Å². The number of carbonyl (C=O) groups is 2. The minimum Gasteiger partial charge on any atom is -0.397 e. The molecule has 6 nitrogen and oxygen atoms in total. The molecular weight excluding hydrogens is 202 g/mol. The first kappa shape index (κ1) is 11.9. The highest BCUT2D eigenvalue weighted by atomic mass is 16.8. The lowest BCUT2D eigenvalue weighted by Gasteiger charge is -2.35. The third kappa shape index (κ3) is 2.45. The molecule has 1 atom stereocenters. The fourth-order valence-corrected chi connectivity index (χ4v) is 1.23. The minimum atomic E-state index is -1.77. The Hall–Kier alpha value is -1.14. The van der Waals surface area contributed by atoms with Crippen LogP contribution in [0.2, 0.25) is 0 Å². The number of cyclic esters (lactones) is 2. The zero-order valence-corrected chi connectivity index (χ0v) is 9.16. The molecule has 15 heavy (non-hydrogen) atoms. The summed E-state index contributed by atoms with van der Waals surface area (Å²) in [5.41, 5.74) is -0.484. The number of hydrogen-bond acceptors (Lipinski definition) is 6. The molecule has 86 valence electrons. The van der Waals surface area contributed by atoms with Crippen molar-refractivity contribution in [2.24, 2.45) is 0 Å². The molecule has 2 N–H and O–H groups in total. The van der Waals surface area contributed by atoms with Gasteiger partial charge in [-0.05, 0) is 27.7 Å². The van der Waals surface area contributed by atoms with Crippen molar-refractivity contribution in [2.75, 3.05) is 0 Å². The predicted molar refractivity (Wildman–Crippen MR) is 49.5 cm³/mol. The van der Waals surface area contributed by atoms with Crippen LogP contribution in [0.25, 0.3) is 0 Å². The third-order valence-corrected chi connectivity index (χ3v) is 1.75. The summed E-state index contributed by atoms with van der Waals surface area (Å²) in [6, 6.07) is 0. The van der Waals surface area contributed by atoms with Crippen LogP contribution in [0.5, 0.6) is 0 Å². The molecule has 6 heteroatoms. The van der Waals surface area contributed by atoms with Gasteiger partial charge in [-0.2, -0.15) is 0 Å². The van der Waals surface area contributed by atoms with Gasteiger partial charge in [0, 0.05) is 5.54 Å². The van der Waals surface area contributed by atoms with E-state index in [2.05, 4.69) is 5.32 Å². The summed E-state index contributed by atoms with van der Waals surface area (Å²) in [4.78, 5) is 21.9. The molecule has 0 amide bonds. The summed E-state index contributed by atoms with van der Waals surface area (Å²) < 4.78 is 9.45. The van der Waals surface area contributed by atoms with Crippen LogP contribution < -0.4 is 5.32 Å². The van der Waals surface area contributed by atoms with Crippen LogP contribution in [0.4, 0.5) is 0 Å². The highest BCUT2D eigenvalue weighted by Crippen LogP contribution is 2.25. The van der Waals surface area contributed by atoms with Gasteiger partial charge >= 0.3 is 17.8 Å². The largest absolute Gasteiger partial charge is 0.421 e. The summed E-state index contributed by atoms with van der Waals surface area (Å²) >= 11 is 0. The van der Waals surface area contributed by atoms with Crippen molar-refractivity contribution < 1.29 is 24.2 Å². The predicted octanol–water partition coefficient (Wildman–Crippen LogP) is -0.491. The van der Waals surface area contributed by atoms with Crippen molar-refractivity contribution in [3.05, 3.63) is 0 Å². The van der Waals surface area contributed by atoms with Crippen molar-refractivity contribution in [3.63, 3.8) is 0 Å². The number of aliphatic hydroxyl groups excluding tert-OH is 1. The highest BCUT2D eigenvalue weighted by molar-refractivity contribution is 6.31. The molecule has 1 fully saturated rings. The molecule has 1 saturated heterocycles. The molecule has 1 unspecified atom stereocenters. The first-order valence-electron chi connectivity index (χ1n) is 4.60. The Bertz CT molecular complexity index is 275. The second kappa shape index (κ2) is 3.46. The Morgan fingerprint density at radius 1 is 1.27 bits per heavy atom. The number of rotatable bonds is 2. The summed E-state index contributed by atoms with van der Waals surface area (Å²) in [7, 11) is 0. The quantitative estimate of drug-likeness (QED) is 0.479. The fourth-order valence-electron chi connectivity index (χ4n) is 1.23. The number of esters is 2. The van der Waals surface area contributed by atoms with Gasteiger partial charge < -0.3 is 14.6 Å². The molecule has 0 spiro atoms. The highest BCUT2D eigenvalue weighted by Gasteiger charge is 2.54. The molecule has 0 aromatic rings. The zero-order chi connectivity index (χ0) is 11.9. The molecule has 0 radical (unpaired) electrons. The number of carbonyl (C=O) groups excluding carboxylic acids is 2. The van der Waals surface area contributed by atoms with Crippen molar-refractivity contribution in [3.8, 4) is 0 Å². The molecule has 0 aliphatic carbocycles. The van der Waals surface area contributed by atoms with Crippen LogP contribution in [0.3, 0.4) is 0 Å². The van der Waals surface area contributed by atoms with Crippen molar-refractivity contribution in [2.45, 2.75) is 45.2 Å².